The van der Waals surface area contributed by atoms with Crippen molar-refractivity contribution in [2.45, 2.75) is 12.8 Å². The lowest BCUT2D eigenvalue weighted by molar-refractivity contribution is -0.116. The summed E-state index contributed by atoms with van der Waals surface area (Å²) in [6.07, 6.45) is 0.871. The average Bonchev–Trinajstić information content (AvgIpc) is 2.61. The molecule has 128 valence electrons. The van der Waals surface area contributed by atoms with Crippen molar-refractivity contribution in [1.82, 2.24) is 0 Å². The molecule has 2 rings (SSSR count). The summed E-state index contributed by atoms with van der Waals surface area (Å²) in [5.41, 5.74) is 7.87. The van der Waals surface area contributed by atoms with Crippen LogP contribution in [0, 0.1) is 0 Å². The van der Waals surface area contributed by atoms with Crippen molar-refractivity contribution in [2.75, 3.05) is 32.4 Å². The number of hydrogen-bond acceptors (Lipinski definition) is 5. The van der Waals surface area contributed by atoms with Gasteiger partial charge in [-0.1, -0.05) is 0 Å². The van der Waals surface area contributed by atoms with Crippen molar-refractivity contribution in [1.29, 1.82) is 0 Å². The van der Waals surface area contributed by atoms with E-state index >= 15 is 0 Å². The fraction of sp³-hybridized carbons (Fsp3) is 0.278. The summed E-state index contributed by atoms with van der Waals surface area (Å²) in [5.74, 6) is 1.90. The molecule has 6 heteroatoms. The SMILES string of the molecule is COc1cc(CCC(=O)Nc2cc(OC)ccc2N)cc(OC)c1. The van der Waals surface area contributed by atoms with Crippen LogP contribution in [0.4, 0.5) is 11.4 Å². The van der Waals surface area contributed by atoms with Crippen LogP contribution in [0.15, 0.2) is 36.4 Å². The molecule has 1 amide bonds. The minimum Gasteiger partial charge on any atom is -0.497 e. The Hall–Kier alpha value is -2.89. The maximum Gasteiger partial charge on any atom is 0.224 e. The maximum atomic E-state index is 12.2. The van der Waals surface area contributed by atoms with Crippen LogP contribution in [-0.2, 0) is 11.2 Å². The largest absolute Gasteiger partial charge is 0.497 e. The molecule has 2 aromatic rings. The van der Waals surface area contributed by atoms with Gasteiger partial charge in [-0.15, -0.1) is 0 Å². The number of amides is 1. The van der Waals surface area contributed by atoms with Crippen LogP contribution in [0.2, 0.25) is 0 Å². The van der Waals surface area contributed by atoms with Crippen molar-refractivity contribution in [3.63, 3.8) is 0 Å². The number of carbonyl (C=O) groups is 1. The Kier molecular flexibility index (Phi) is 5.89. The highest BCUT2D eigenvalue weighted by molar-refractivity contribution is 5.94. The Balaban J connectivity index is 2.01. The first-order valence-corrected chi connectivity index (χ1v) is 7.51. The fourth-order valence-corrected chi connectivity index (χ4v) is 2.25. The zero-order valence-electron chi connectivity index (χ0n) is 14.1. The molecule has 0 aliphatic carbocycles. The van der Waals surface area contributed by atoms with E-state index in [4.69, 9.17) is 19.9 Å². The van der Waals surface area contributed by atoms with Crippen LogP contribution in [-0.4, -0.2) is 27.2 Å². The van der Waals surface area contributed by atoms with Gasteiger partial charge in [0.1, 0.15) is 17.2 Å². The van der Waals surface area contributed by atoms with E-state index in [0.29, 0.717) is 41.5 Å². The number of methoxy groups -OCH3 is 3. The number of nitrogen functional groups attached to an aromatic ring is 1. The van der Waals surface area contributed by atoms with E-state index in [0.717, 1.165) is 5.56 Å². The Morgan fingerprint density at radius 1 is 0.958 bits per heavy atom. The van der Waals surface area contributed by atoms with Crippen LogP contribution in [0.5, 0.6) is 17.2 Å². The predicted molar refractivity (Wildman–Crippen MR) is 93.9 cm³/mol. The molecule has 0 radical (unpaired) electrons. The molecule has 6 nitrogen and oxygen atoms in total. The lowest BCUT2D eigenvalue weighted by atomic mass is 10.1. The molecule has 0 aliphatic heterocycles. The molecule has 0 atom stereocenters. The van der Waals surface area contributed by atoms with Crippen molar-refractivity contribution in [2.24, 2.45) is 0 Å². The number of anilines is 2. The van der Waals surface area contributed by atoms with Crippen LogP contribution in [0.1, 0.15) is 12.0 Å². The number of rotatable bonds is 7. The molecule has 0 aliphatic rings. The summed E-state index contributed by atoms with van der Waals surface area (Å²) >= 11 is 0. The summed E-state index contributed by atoms with van der Waals surface area (Å²) in [5, 5.41) is 2.81. The molecular weight excluding hydrogens is 308 g/mol. The molecular formula is C18H22N2O4. The van der Waals surface area contributed by atoms with Gasteiger partial charge in [0, 0.05) is 18.6 Å². The standard InChI is InChI=1S/C18H22N2O4/c1-22-13-5-6-16(19)17(11-13)20-18(21)7-4-12-8-14(23-2)10-15(9-12)24-3/h5-6,8-11H,4,7,19H2,1-3H3,(H,20,21). The number of aryl methyl sites for hydroxylation is 1. The molecule has 0 fully saturated rings. The Morgan fingerprint density at radius 3 is 2.17 bits per heavy atom. The summed E-state index contributed by atoms with van der Waals surface area (Å²) < 4.78 is 15.6. The van der Waals surface area contributed by atoms with Crippen LogP contribution in [0.25, 0.3) is 0 Å². The highest BCUT2D eigenvalue weighted by Crippen LogP contribution is 2.25. The first-order valence-electron chi connectivity index (χ1n) is 7.51. The van der Waals surface area contributed by atoms with E-state index in [9.17, 15) is 4.79 Å². The van der Waals surface area contributed by atoms with Crippen molar-refractivity contribution in [3.05, 3.63) is 42.0 Å². The highest BCUT2D eigenvalue weighted by atomic mass is 16.5. The minimum atomic E-state index is -0.128. The molecule has 24 heavy (non-hydrogen) atoms. The lowest BCUT2D eigenvalue weighted by Crippen LogP contribution is -2.13. The van der Waals surface area contributed by atoms with Crippen LogP contribution >= 0.6 is 0 Å². The van der Waals surface area contributed by atoms with Gasteiger partial charge in [0.2, 0.25) is 5.91 Å². The molecule has 2 aromatic carbocycles. The van der Waals surface area contributed by atoms with E-state index in [-0.39, 0.29) is 5.91 Å². The third-order valence-corrected chi connectivity index (χ3v) is 3.59. The summed E-state index contributed by atoms with van der Waals surface area (Å²) in [4.78, 5) is 12.2. The zero-order valence-corrected chi connectivity index (χ0v) is 14.1. The molecule has 0 aromatic heterocycles. The normalized spacial score (nSPS) is 10.1. The van der Waals surface area contributed by atoms with Crippen molar-refractivity contribution >= 4 is 17.3 Å². The van der Waals surface area contributed by atoms with E-state index in [1.807, 2.05) is 12.1 Å². The molecule has 0 spiro atoms. The second-order valence-electron chi connectivity index (χ2n) is 5.22. The van der Waals surface area contributed by atoms with Gasteiger partial charge in [-0.05, 0) is 36.2 Å². The molecule has 0 saturated carbocycles. The molecule has 0 saturated heterocycles. The van der Waals surface area contributed by atoms with E-state index in [1.54, 1.807) is 45.6 Å². The fourth-order valence-electron chi connectivity index (χ4n) is 2.25. The van der Waals surface area contributed by atoms with Gasteiger partial charge in [0.05, 0.1) is 32.7 Å². The monoisotopic (exact) mass is 330 g/mol. The summed E-state index contributed by atoms with van der Waals surface area (Å²) in [6, 6.07) is 10.7. The Bertz CT molecular complexity index is 694. The van der Waals surface area contributed by atoms with Crippen molar-refractivity contribution in [3.8, 4) is 17.2 Å². The van der Waals surface area contributed by atoms with Gasteiger partial charge in [-0.2, -0.15) is 0 Å². The van der Waals surface area contributed by atoms with Gasteiger partial charge in [0.25, 0.3) is 0 Å². The smallest absolute Gasteiger partial charge is 0.224 e. The predicted octanol–water partition coefficient (Wildman–Crippen LogP) is 2.87. The van der Waals surface area contributed by atoms with Gasteiger partial charge in [-0.25, -0.2) is 0 Å². The quantitative estimate of drug-likeness (QED) is 0.763. The van der Waals surface area contributed by atoms with Gasteiger partial charge in [0.15, 0.2) is 0 Å². The Labute approximate surface area is 141 Å². The lowest BCUT2D eigenvalue weighted by Gasteiger charge is -2.11. The van der Waals surface area contributed by atoms with Gasteiger partial charge >= 0.3 is 0 Å². The third-order valence-electron chi connectivity index (χ3n) is 3.59. The van der Waals surface area contributed by atoms with Crippen molar-refractivity contribution < 1.29 is 19.0 Å². The van der Waals surface area contributed by atoms with Crippen LogP contribution in [0.3, 0.4) is 0 Å². The third kappa shape index (κ3) is 4.55. The minimum absolute atomic E-state index is 0.128. The maximum absolute atomic E-state index is 12.2. The van der Waals surface area contributed by atoms with E-state index in [1.165, 1.54) is 0 Å². The highest BCUT2D eigenvalue weighted by Gasteiger charge is 2.09. The van der Waals surface area contributed by atoms with Gasteiger partial charge < -0.3 is 25.3 Å². The average molecular weight is 330 g/mol. The topological polar surface area (TPSA) is 82.8 Å². The van der Waals surface area contributed by atoms with Crippen LogP contribution < -0.4 is 25.3 Å². The van der Waals surface area contributed by atoms with E-state index < -0.39 is 0 Å². The molecule has 0 heterocycles. The number of nitrogens with one attached hydrogen (secondary N) is 1. The number of nitrogens with two attached hydrogens (primary N) is 1. The second kappa shape index (κ2) is 8.10. The molecule has 0 unspecified atom stereocenters. The number of carbonyl (C=O) groups excluding carboxylic acids is 1. The number of benzene rings is 2. The summed E-state index contributed by atoms with van der Waals surface area (Å²) in [7, 11) is 4.75. The molecule has 0 bridgehead atoms. The summed E-state index contributed by atoms with van der Waals surface area (Å²) in [6.45, 7) is 0. The van der Waals surface area contributed by atoms with E-state index in [2.05, 4.69) is 5.32 Å². The van der Waals surface area contributed by atoms with Gasteiger partial charge in [-0.3, -0.25) is 4.79 Å². The molecule has 3 N–H and O–H groups in total. The zero-order chi connectivity index (χ0) is 17.5. The first-order chi connectivity index (χ1) is 11.5. The number of ether oxygens (including phenoxy) is 3. The second-order valence-corrected chi connectivity index (χ2v) is 5.22. The number of hydrogen-bond donors (Lipinski definition) is 2. The first kappa shape index (κ1) is 17.5. The Morgan fingerprint density at radius 2 is 1.58 bits per heavy atom.